The average molecular weight is 398 g/mol. The normalized spacial score (nSPS) is 10.4. The number of nitrogens with one attached hydrogen (secondary N) is 3. The van der Waals surface area contributed by atoms with Gasteiger partial charge < -0.3 is 4.74 Å². The van der Waals surface area contributed by atoms with Crippen LogP contribution in [0.2, 0.25) is 0 Å². The molecule has 0 saturated carbocycles. The molecule has 0 spiro atoms. The molecule has 0 saturated heterocycles. The van der Waals surface area contributed by atoms with Crippen LogP contribution in [0.25, 0.3) is 6.08 Å². The first kappa shape index (κ1) is 21.1. The van der Waals surface area contributed by atoms with Crippen LogP contribution >= 0.6 is 12.2 Å². The number of carbonyl (C=O) groups is 2. The highest BCUT2D eigenvalue weighted by Gasteiger charge is 2.12. The van der Waals surface area contributed by atoms with E-state index in [1.54, 1.807) is 30.3 Å². The summed E-state index contributed by atoms with van der Waals surface area (Å²) in [5.74, 6) is -0.336. The molecule has 3 N–H and O–H groups in total. The van der Waals surface area contributed by atoms with Crippen molar-refractivity contribution in [1.29, 1.82) is 0 Å². The number of aryl methyl sites for hydroxylation is 1. The van der Waals surface area contributed by atoms with Gasteiger partial charge in [0.2, 0.25) is 5.91 Å². The van der Waals surface area contributed by atoms with E-state index in [2.05, 4.69) is 16.2 Å². The fourth-order valence-electron chi connectivity index (χ4n) is 2.21. The molecule has 0 unspecified atom stereocenters. The van der Waals surface area contributed by atoms with E-state index in [1.165, 1.54) is 6.08 Å². The Hall–Kier alpha value is -3.19. The molecule has 0 aliphatic rings. The van der Waals surface area contributed by atoms with Gasteiger partial charge in [-0.2, -0.15) is 0 Å². The van der Waals surface area contributed by atoms with Crippen molar-refractivity contribution >= 4 is 35.2 Å². The molecular formula is C21H23N3O3S. The molecule has 7 heteroatoms. The molecule has 146 valence electrons. The van der Waals surface area contributed by atoms with Gasteiger partial charge in [0.05, 0.1) is 12.2 Å². The Morgan fingerprint density at radius 1 is 1.07 bits per heavy atom. The molecule has 0 aromatic heterocycles. The Morgan fingerprint density at radius 2 is 1.79 bits per heavy atom. The first-order valence-electron chi connectivity index (χ1n) is 8.87. The quantitative estimate of drug-likeness (QED) is 0.396. The molecule has 0 radical (unpaired) electrons. The number of carbonyl (C=O) groups excluding carboxylic acids is 2. The molecule has 28 heavy (non-hydrogen) atoms. The van der Waals surface area contributed by atoms with Gasteiger partial charge in [0, 0.05) is 6.08 Å². The van der Waals surface area contributed by atoms with Crippen molar-refractivity contribution in [2.45, 2.75) is 20.3 Å². The number of benzene rings is 2. The van der Waals surface area contributed by atoms with E-state index >= 15 is 0 Å². The lowest BCUT2D eigenvalue weighted by Crippen LogP contribution is -2.48. The third-order valence-corrected chi connectivity index (χ3v) is 3.83. The second-order valence-corrected chi connectivity index (χ2v) is 6.39. The van der Waals surface area contributed by atoms with Crippen LogP contribution in [0.3, 0.4) is 0 Å². The topological polar surface area (TPSA) is 79.5 Å². The number of hydrogen-bond donors (Lipinski definition) is 3. The van der Waals surface area contributed by atoms with Gasteiger partial charge in [0.25, 0.3) is 5.91 Å². The maximum atomic E-state index is 12.3. The van der Waals surface area contributed by atoms with Gasteiger partial charge in [-0.1, -0.05) is 48.9 Å². The molecule has 6 nitrogen and oxygen atoms in total. The van der Waals surface area contributed by atoms with Crippen LogP contribution < -0.4 is 20.9 Å². The average Bonchev–Trinajstić information content (AvgIpc) is 2.70. The summed E-state index contributed by atoms with van der Waals surface area (Å²) < 4.78 is 5.56. The summed E-state index contributed by atoms with van der Waals surface area (Å²) in [5, 5.41) is 2.45. The summed E-state index contributed by atoms with van der Waals surface area (Å²) in [4.78, 5) is 24.2. The maximum absolute atomic E-state index is 12.3. The smallest absolute Gasteiger partial charge is 0.273 e. The van der Waals surface area contributed by atoms with Crippen molar-refractivity contribution in [3.8, 4) is 5.75 Å². The lowest BCUT2D eigenvalue weighted by atomic mass is 10.1. The van der Waals surface area contributed by atoms with E-state index < -0.39 is 11.8 Å². The second-order valence-electron chi connectivity index (χ2n) is 5.99. The van der Waals surface area contributed by atoms with Gasteiger partial charge in [0.1, 0.15) is 5.75 Å². The van der Waals surface area contributed by atoms with Crippen LogP contribution in [-0.4, -0.2) is 23.5 Å². The van der Waals surface area contributed by atoms with E-state index in [-0.39, 0.29) is 5.11 Å². The lowest BCUT2D eigenvalue weighted by molar-refractivity contribution is -0.115. The van der Waals surface area contributed by atoms with E-state index in [4.69, 9.17) is 17.0 Å². The van der Waals surface area contributed by atoms with E-state index in [0.29, 0.717) is 17.9 Å². The lowest BCUT2D eigenvalue weighted by Gasteiger charge is -2.12. The van der Waals surface area contributed by atoms with Gasteiger partial charge in [-0.15, -0.1) is 0 Å². The Balaban J connectivity index is 1.84. The molecule has 0 fully saturated rings. The van der Waals surface area contributed by atoms with Gasteiger partial charge in [0.15, 0.2) is 5.11 Å². The highest BCUT2D eigenvalue weighted by atomic mass is 32.1. The van der Waals surface area contributed by atoms with E-state index in [1.807, 2.05) is 38.1 Å². The molecule has 2 aromatic carbocycles. The van der Waals surface area contributed by atoms with Crippen molar-refractivity contribution < 1.29 is 14.3 Å². The Labute approximate surface area is 169 Å². The Bertz CT molecular complexity index is 863. The summed E-state index contributed by atoms with van der Waals surface area (Å²) in [6.07, 6.45) is 3.88. The van der Waals surface area contributed by atoms with Crippen LogP contribution in [0.1, 0.15) is 34.8 Å². The molecule has 2 rings (SSSR count). The first-order chi connectivity index (χ1) is 13.5. The van der Waals surface area contributed by atoms with Crippen LogP contribution in [0.15, 0.2) is 54.6 Å². The second kappa shape index (κ2) is 10.8. The van der Waals surface area contributed by atoms with Gasteiger partial charge in [-0.3, -0.25) is 25.8 Å². The zero-order valence-corrected chi connectivity index (χ0v) is 16.6. The fourth-order valence-corrected chi connectivity index (χ4v) is 2.36. The van der Waals surface area contributed by atoms with Crippen molar-refractivity contribution in [3.05, 3.63) is 71.3 Å². The van der Waals surface area contributed by atoms with Gasteiger partial charge in [-0.25, -0.2) is 0 Å². The van der Waals surface area contributed by atoms with Gasteiger partial charge in [-0.05, 0) is 49.3 Å². The van der Waals surface area contributed by atoms with Crippen LogP contribution in [0.4, 0.5) is 0 Å². The van der Waals surface area contributed by atoms with Crippen molar-refractivity contribution in [3.63, 3.8) is 0 Å². The third kappa shape index (κ3) is 6.85. The number of amides is 2. The summed E-state index contributed by atoms with van der Waals surface area (Å²) in [7, 11) is 0. The Morgan fingerprint density at radius 3 is 2.50 bits per heavy atom. The maximum Gasteiger partial charge on any atom is 0.273 e. The van der Waals surface area contributed by atoms with Crippen molar-refractivity contribution in [2.24, 2.45) is 0 Å². The number of thiocarbonyl (C=S) groups is 1. The standard InChI is InChI=1S/C21H23N3O3S/c1-3-14-27-18-7-5-4-6-17(18)20(26)23-24-21(28)22-19(25)13-12-16-10-8-15(2)9-11-16/h4-13H,3,14H2,1-2H3,(H,23,26)(H2,22,24,25,28)/b13-12+. The molecule has 0 aliphatic carbocycles. The summed E-state index contributed by atoms with van der Waals surface area (Å²) in [6, 6.07) is 14.6. The molecule has 0 heterocycles. The molecule has 0 bridgehead atoms. The molecule has 2 amide bonds. The third-order valence-electron chi connectivity index (χ3n) is 3.62. The zero-order chi connectivity index (χ0) is 20.4. The number of hydrogen-bond acceptors (Lipinski definition) is 4. The Kier molecular flexibility index (Phi) is 8.17. The summed E-state index contributed by atoms with van der Waals surface area (Å²) in [6.45, 7) is 4.49. The van der Waals surface area contributed by atoms with Crippen molar-refractivity contribution in [2.75, 3.05) is 6.61 Å². The number of para-hydroxylation sites is 1. The largest absolute Gasteiger partial charge is 0.493 e. The molecular weight excluding hydrogens is 374 g/mol. The van der Waals surface area contributed by atoms with Gasteiger partial charge >= 0.3 is 0 Å². The van der Waals surface area contributed by atoms with Crippen LogP contribution in [-0.2, 0) is 4.79 Å². The minimum Gasteiger partial charge on any atom is -0.493 e. The number of hydrazine groups is 1. The number of ether oxygens (including phenoxy) is 1. The van der Waals surface area contributed by atoms with E-state index in [9.17, 15) is 9.59 Å². The summed E-state index contributed by atoms with van der Waals surface area (Å²) in [5.41, 5.74) is 7.38. The first-order valence-corrected chi connectivity index (χ1v) is 9.28. The predicted molar refractivity (Wildman–Crippen MR) is 114 cm³/mol. The number of rotatable bonds is 6. The van der Waals surface area contributed by atoms with Crippen LogP contribution in [0.5, 0.6) is 5.75 Å². The minimum absolute atomic E-state index is 0.0149. The minimum atomic E-state index is -0.418. The highest BCUT2D eigenvalue weighted by molar-refractivity contribution is 7.80. The van der Waals surface area contributed by atoms with Crippen molar-refractivity contribution in [1.82, 2.24) is 16.2 Å². The highest BCUT2D eigenvalue weighted by Crippen LogP contribution is 2.17. The van der Waals surface area contributed by atoms with E-state index in [0.717, 1.165) is 17.5 Å². The monoisotopic (exact) mass is 397 g/mol. The SMILES string of the molecule is CCCOc1ccccc1C(=O)NNC(=S)NC(=O)/C=C/c1ccc(C)cc1. The molecule has 0 aliphatic heterocycles. The predicted octanol–water partition coefficient (Wildman–Crippen LogP) is 3.13. The molecule has 0 atom stereocenters. The van der Waals surface area contributed by atoms with Crippen LogP contribution in [0, 0.1) is 6.92 Å². The fraction of sp³-hybridized carbons (Fsp3) is 0.190. The summed E-state index contributed by atoms with van der Waals surface area (Å²) >= 11 is 5.03. The molecule has 2 aromatic rings. The zero-order valence-electron chi connectivity index (χ0n) is 15.8.